The molecule has 1 saturated heterocycles. The number of halogens is 2. The van der Waals surface area contributed by atoms with E-state index in [1.165, 1.54) is 10.8 Å². The van der Waals surface area contributed by atoms with Crippen molar-refractivity contribution in [3.05, 3.63) is 51.8 Å². The van der Waals surface area contributed by atoms with E-state index in [0.29, 0.717) is 11.1 Å². The molecule has 4 rings (SSSR count). The lowest BCUT2D eigenvalue weighted by Gasteiger charge is -2.05. The maximum atomic E-state index is 6.42. The van der Waals surface area contributed by atoms with Crippen LogP contribution in [-0.4, -0.2) is 16.5 Å². The number of imidazole rings is 1. The number of hydrogen-bond donors (Lipinski definition) is 2. The van der Waals surface area contributed by atoms with Gasteiger partial charge in [0.15, 0.2) is 0 Å². The number of benzene rings is 2. The molecule has 1 aliphatic heterocycles. The van der Waals surface area contributed by atoms with Crippen LogP contribution in [0, 0.1) is 5.92 Å². The number of fused-ring (bicyclic) bond motifs is 1. The Labute approximate surface area is 148 Å². The number of rotatable bonds is 2. The quantitative estimate of drug-likeness (QED) is 0.622. The maximum absolute atomic E-state index is 6.42. The molecule has 2 aromatic carbocycles. The van der Waals surface area contributed by atoms with Gasteiger partial charge in [-0.3, -0.25) is 0 Å². The van der Waals surface area contributed by atoms with Crippen molar-refractivity contribution in [3.63, 3.8) is 0 Å². The molecular weight excluding hydrogens is 374 g/mol. The fourth-order valence-electron chi connectivity index (χ4n) is 3.21. The second-order valence-electron chi connectivity index (χ2n) is 6.29. The van der Waals surface area contributed by atoms with Crippen molar-refractivity contribution in [1.29, 1.82) is 0 Å². The molecule has 1 fully saturated rings. The summed E-state index contributed by atoms with van der Waals surface area (Å²) in [5, 5.41) is 6.48. The first-order valence-corrected chi connectivity index (χ1v) is 8.96. The van der Waals surface area contributed by atoms with Crippen molar-refractivity contribution in [2.75, 3.05) is 6.54 Å². The van der Waals surface area contributed by atoms with Crippen LogP contribution in [0.1, 0.15) is 25.2 Å². The van der Waals surface area contributed by atoms with E-state index in [1.807, 2.05) is 6.07 Å². The van der Waals surface area contributed by atoms with Crippen LogP contribution >= 0.6 is 27.5 Å². The van der Waals surface area contributed by atoms with Crippen molar-refractivity contribution >= 4 is 38.3 Å². The minimum absolute atomic E-state index is 0.271. The van der Waals surface area contributed by atoms with Crippen LogP contribution in [0.3, 0.4) is 0 Å². The Kier molecular flexibility index (Phi) is 3.92. The van der Waals surface area contributed by atoms with E-state index >= 15 is 0 Å². The predicted octanol–water partition coefficient (Wildman–Crippen LogP) is 5.32. The summed E-state index contributed by atoms with van der Waals surface area (Å²) < 4.78 is 1.08. The van der Waals surface area contributed by atoms with Gasteiger partial charge in [-0.2, -0.15) is 0 Å². The van der Waals surface area contributed by atoms with Gasteiger partial charge in [-0.1, -0.05) is 52.7 Å². The van der Waals surface area contributed by atoms with Crippen LogP contribution in [0.2, 0.25) is 5.15 Å². The standard InChI is InChI=1S/C18H17BrClN3/c1-10-6-15(21-9-10)18-22-16(17(20)23-18)13-3-2-12-8-14(19)5-4-11(12)7-13/h2-5,7-8,10,15,21H,6,9H2,1H3,(H,22,23)/t10-,15-/m0/s1. The Morgan fingerprint density at radius 3 is 2.74 bits per heavy atom. The topological polar surface area (TPSA) is 40.7 Å². The zero-order valence-corrected chi connectivity index (χ0v) is 15.1. The van der Waals surface area contributed by atoms with Gasteiger partial charge in [-0.05, 0) is 47.9 Å². The molecule has 0 unspecified atom stereocenters. The molecule has 2 atom stereocenters. The molecule has 2 heterocycles. The molecule has 118 valence electrons. The largest absolute Gasteiger partial charge is 0.331 e. The van der Waals surface area contributed by atoms with Crippen LogP contribution in [0.25, 0.3) is 22.0 Å². The molecular formula is C18H17BrClN3. The smallest absolute Gasteiger partial charge is 0.134 e. The summed E-state index contributed by atoms with van der Waals surface area (Å²) in [6, 6.07) is 12.9. The number of nitrogens with one attached hydrogen (secondary N) is 2. The van der Waals surface area contributed by atoms with Gasteiger partial charge in [-0.25, -0.2) is 4.98 Å². The summed E-state index contributed by atoms with van der Waals surface area (Å²) in [5.41, 5.74) is 1.87. The highest BCUT2D eigenvalue weighted by Gasteiger charge is 2.25. The van der Waals surface area contributed by atoms with Gasteiger partial charge in [-0.15, -0.1) is 0 Å². The first kappa shape index (κ1) is 15.2. The molecule has 0 saturated carbocycles. The molecule has 1 aliphatic rings. The average molecular weight is 391 g/mol. The molecule has 3 aromatic rings. The van der Waals surface area contributed by atoms with Crippen molar-refractivity contribution in [2.45, 2.75) is 19.4 Å². The minimum atomic E-state index is 0.271. The maximum Gasteiger partial charge on any atom is 0.134 e. The summed E-state index contributed by atoms with van der Waals surface area (Å²) in [5.74, 6) is 1.61. The molecule has 23 heavy (non-hydrogen) atoms. The fourth-order valence-corrected chi connectivity index (χ4v) is 3.84. The van der Waals surface area contributed by atoms with E-state index in [4.69, 9.17) is 16.6 Å². The second-order valence-corrected chi connectivity index (χ2v) is 7.59. The number of nitrogens with zero attached hydrogens (tertiary/aromatic N) is 1. The molecule has 0 aliphatic carbocycles. The molecule has 5 heteroatoms. The van der Waals surface area contributed by atoms with E-state index in [1.54, 1.807) is 0 Å². The number of H-pyrrole nitrogens is 1. The Morgan fingerprint density at radius 2 is 1.96 bits per heavy atom. The molecule has 0 radical (unpaired) electrons. The first-order valence-electron chi connectivity index (χ1n) is 7.78. The number of hydrogen-bond acceptors (Lipinski definition) is 2. The van der Waals surface area contributed by atoms with E-state index < -0.39 is 0 Å². The van der Waals surface area contributed by atoms with Crippen LogP contribution in [0.5, 0.6) is 0 Å². The van der Waals surface area contributed by atoms with Gasteiger partial charge in [0, 0.05) is 10.0 Å². The monoisotopic (exact) mass is 389 g/mol. The van der Waals surface area contributed by atoms with E-state index in [9.17, 15) is 0 Å². The van der Waals surface area contributed by atoms with Crippen LogP contribution in [0.15, 0.2) is 40.9 Å². The summed E-state index contributed by atoms with van der Waals surface area (Å²) in [6.07, 6.45) is 1.09. The lowest BCUT2D eigenvalue weighted by molar-refractivity contribution is 0.588. The lowest BCUT2D eigenvalue weighted by atomic mass is 10.1. The molecule has 1 aromatic heterocycles. The predicted molar refractivity (Wildman–Crippen MR) is 98.8 cm³/mol. The zero-order chi connectivity index (χ0) is 16.0. The van der Waals surface area contributed by atoms with Gasteiger partial charge in [0.05, 0.1) is 6.04 Å². The van der Waals surface area contributed by atoms with Crippen molar-refractivity contribution in [3.8, 4) is 11.3 Å². The van der Waals surface area contributed by atoms with Crippen molar-refractivity contribution in [2.24, 2.45) is 5.92 Å². The van der Waals surface area contributed by atoms with Crippen LogP contribution < -0.4 is 5.32 Å². The van der Waals surface area contributed by atoms with Crippen molar-refractivity contribution < 1.29 is 0 Å². The highest BCUT2D eigenvalue weighted by molar-refractivity contribution is 9.10. The summed E-state index contributed by atoms with van der Waals surface area (Å²) in [7, 11) is 0. The summed E-state index contributed by atoms with van der Waals surface area (Å²) in [4.78, 5) is 8.01. The van der Waals surface area contributed by atoms with E-state index in [2.05, 4.69) is 63.5 Å². The average Bonchev–Trinajstić information content (AvgIpc) is 3.13. The molecule has 3 nitrogen and oxygen atoms in total. The third kappa shape index (κ3) is 2.91. The van der Waals surface area contributed by atoms with Crippen LogP contribution in [0.4, 0.5) is 0 Å². The normalized spacial score (nSPS) is 21.2. The van der Waals surface area contributed by atoms with Gasteiger partial charge < -0.3 is 10.3 Å². The van der Waals surface area contributed by atoms with E-state index in [-0.39, 0.29) is 6.04 Å². The third-order valence-corrected chi connectivity index (χ3v) is 5.20. The van der Waals surface area contributed by atoms with Gasteiger partial charge >= 0.3 is 0 Å². The van der Waals surface area contributed by atoms with E-state index in [0.717, 1.165) is 34.5 Å². The Morgan fingerprint density at radius 1 is 1.17 bits per heavy atom. The Hall–Kier alpha value is -1.36. The van der Waals surface area contributed by atoms with Gasteiger partial charge in [0.1, 0.15) is 16.7 Å². The molecule has 2 N–H and O–H groups in total. The minimum Gasteiger partial charge on any atom is -0.331 e. The summed E-state index contributed by atoms with van der Waals surface area (Å²) in [6.45, 7) is 3.28. The highest BCUT2D eigenvalue weighted by Crippen LogP contribution is 2.33. The van der Waals surface area contributed by atoms with Crippen LogP contribution in [-0.2, 0) is 0 Å². The zero-order valence-electron chi connectivity index (χ0n) is 12.7. The SMILES string of the molecule is C[C@@H]1CN[C@H](c2nc(-c3ccc4cc(Br)ccc4c3)c(Cl)[nH]2)C1. The number of aromatic nitrogens is 2. The van der Waals surface area contributed by atoms with Gasteiger partial charge in [0.2, 0.25) is 0 Å². The second kappa shape index (κ2) is 5.93. The molecule has 0 spiro atoms. The van der Waals surface area contributed by atoms with Gasteiger partial charge in [0.25, 0.3) is 0 Å². The molecule has 0 bridgehead atoms. The van der Waals surface area contributed by atoms with Crippen molar-refractivity contribution in [1.82, 2.24) is 15.3 Å². The molecule has 0 amide bonds. The first-order chi connectivity index (χ1) is 11.1. The Balaban J connectivity index is 1.72. The summed E-state index contributed by atoms with van der Waals surface area (Å²) >= 11 is 9.93. The Bertz CT molecular complexity index is 874. The lowest BCUT2D eigenvalue weighted by Crippen LogP contribution is -2.14. The fraction of sp³-hybridized carbons (Fsp3) is 0.278. The highest BCUT2D eigenvalue weighted by atomic mass is 79.9. The number of aromatic amines is 1. The third-order valence-electron chi connectivity index (χ3n) is 4.43.